The van der Waals surface area contributed by atoms with E-state index in [1.54, 1.807) is 24.3 Å². The lowest BCUT2D eigenvalue weighted by Crippen LogP contribution is -2.26. The first-order valence-corrected chi connectivity index (χ1v) is 13.0. The van der Waals surface area contributed by atoms with Crippen LogP contribution >= 0.6 is 0 Å². The Hall–Kier alpha value is -5.17. The van der Waals surface area contributed by atoms with Crippen LogP contribution in [0, 0.1) is 13.8 Å². The molecule has 0 radical (unpaired) electrons. The zero-order chi connectivity index (χ0) is 28.1. The predicted octanol–water partition coefficient (Wildman–Crippen LogP) is 6.88. The number of benzene rings is 4. The van der Waals surface area contributed by atoms with E-state index in [1.165, 1.54) is 10.9 Å². The zero-order valence-corrected chi connectivity index (χ0v) is 22.6. The minimum atomic E-state index is -0.388. The van der Waals surface area contributed by atoms with E-state index >= 15 is 0 Å². The highest BCUT2D eigenvalue weighted by atomic mass is 16.5. The molecule has 0 aliphatic rings. The van der Waals surface area contributed by atoms with E-state index in [2.05, 4.69) is 15.7 Å². The molecule has 7 heteroatoms. The predicted molar refractivity (Wildman–Crippen MR) is 158 cm³/mol. The van der Waals surface area contributed by atoms with E-state index < -0.39 is 0 Å². The molecule has 0 saturated carbocycles. The first-order valence-electron chi connectivity index (χ1n) is 13.0. The van der Waals surface area contributed by atoms with E-state index in [-0.39, 0.29) is 28.9 Å². The van der Waals surface area contributed by atoms with Gasteiger partial charge in [-0.2, -0.15) is 9.78 Å². The molecule has 1 amide bonds. The molecule has 0 aliphatic carbocycles. The molecule has 1 heterocycles. The van der Waals surface area contributed by atoms with Crippen LogP contribution in [0.1, 0.15) is 40.0 Å². The third-order valence-electron chi connectivity index (χ3n) is 6.41. The lowest BCUT2D eigenvalue weighted by molar-refractivity contribution is 0.0940. The lowest BCUT2D eigenvalue weighted by atomic mass is 10.1. The van der Waals surface area contributed by atoms with Gasteiger partial charge < -0.3 is 15.4 Å². The average Bonchev–Trinajstić information content (AvgIpc) is 2.95. The molecule has 40 heavy (non-hydrogen) atoms. The van der Waals surface area contributed by atoms with Gasteiger partial charge in [-0.25, -0.2) is 0 Å². The Morgan fingerprint density at radius 2 is 1.52 bits per heavy atom. The number of ether oxygens (including phenoxy) is 1. The SMILES string of the molecule is Cc1cc(C)cc(Oc2cnn(-c3ccccc3)c(=O)c2Nc2cccc(C(=O)N[C@H](C)c3ccccc3)c2)c1. The Balaban J connectivity index is 1.48. The van der Waals surface area contributed by atoms with Crippen molar-refractivity contribution in [3.8, 4) is 17.2 Å². The highest BCUT2D eigenvalue weighted by molar-refractivity contribution is 5.95. The maximum absolute atomic E-state index is 13.7. The fourth-order valence-corrected chi connectivity index (χ4v) is 4.49. The summed E-state index contributed by atoms with van der Waals surface area (Å²) < 4.78 is 7.49. The minimum absolute atomic E-state index is 0.165. The number of para-hydroxylation sites is 1. The van der Waals surface area contributed by atoms with Gasteiger partial charge in [-0.05, 0) is 79.9 Å². The molecule has 0 bridgehead atoms. The second-order valence-electron chi connectivity index (χ2n) is 9.67. The zero-order valence-electron chi connectivity index (χ0n) is 22.6. The number of carbonyl (C=O) groups excluding carboxylic acids is 1. The molecule has 4 aromatic carbocycles. The number of aryl methyl sites for hydroxylation is 2. The molecular weight excluding hydrogens is 500 g/mol. The molecule has 2 N–H and O–H groups in total. The largest absolute Gasteiger partial charge is 0.453 e. The van der Waals surface area contributed by atoms with Crippen LogP contribution in [-0.2, 0) is 0 Å². The van der Waals surface area contributed by atoms with Crippen molar-refractivity contribution in [2.24, 2.45) is 0 Å². The summed E-state index contributed by atoms with van der Waals surface area (Å²) in [6.07, 6.45) is 1.52. The summed E-state index contributed by atoms with van der Waals surface area (Å²) in [6.45, 7) is 5.91. The molecule has 0 fully saturated rings. The van der Waals surface area contributed by atoms with Crippen LogP contribution in [0.25, 0.3) is 5.69 Å². The van der Waals surface area contributed by atoms with E-state index in [0.29, 0.717) is 22.7 Å². The van der Waals surface area contributed by atoms with E-state index in [9.17, 15) is 9.59 Å². The highest BCUT2D eigenvalue weighted by Crippen LogP contribution is 2.30. The van der Waals surface area contributed by atoms with Crippen molar-refractivity contribution in [2.75, 3.05) is 5.32 Å². The molecular formula is C33H30N4O3. The number of amides is 1. The number of nitrogens with zero attached hydrogens (tertiary/aromatic N) is 2. The standard InChI is InChI=1S/C33H30N4O3/c1-22-17-23(2)19-29(18-22)40-30-21-34-37(28-15-8-5-9-16-28)33(39)31(30)36-27-14-10-13-26(20-27)32(38)35-24(3)25-11-6-4-7-12-25/h4-21,24,36H,1-3H3,(H,35,38)/t24-/m1/s1. The molecule has 5 rings (SSSR count). The Kier molecular flexibility index (Phi) is 7.73. The Bertz CT molecular complexity index is 1680. The molecule has 0 aliphatic heterocycles. The molecule has 0 spiro atoms. The van der Waals surface area contributed by atoms with Crippen molar-refractivity contribution >= 4 is 17.3 Å². The van der Waals surface area contributed by atoms with Gasteiger partial charge in [-0.3, -0.25) is 9.59 Å². The monoisotopic (exact) mass is 530 g/mol. The maximum atomic E-state index is 13.7. The second-order valence-corrected chi connectivity index (χ2v) is 9.67. The van der Waals surface area contributed by atoms with Gasteiger partial charge in [0, 0.05) is 11.3 Å². The smallest absolute Gasteiger partial charge is 0.299 e. The summed E-state index contributed by atoms with van der Waals surface area (Å²) in [6, 6.07) is 31.6. The minimum Gasteiger partial charge on any atom is -0.453 e. The first kappa shape index (κ1) is 26.4. The number of hydrogen-bond donors (Lipinski definition) is 2. The summed E-state index contributed by atoms with van der Waals surface area (Å²) in [4.78, 5) is 26.8. The summed E-state index contributed by atoms with van der Waals surface area (Å²) in [5, 5.41) is 10.6. The normalized spacial score (nSPS) is 11.5. The molecule has 0 unspecified atom stereocenters. The second kappa shape index (κ2) is 11.7. The van der Waals surface area contributed by atoms with Crippen molar-refractivity contribution in [3.63, 3.8) is 0 Å². The summed E-state index contributed by atoms with van der Waals surface area (Å²) in [5.41, 5.74) is 4.55. The van der Waals surface area contributed by atoms with Crippen LogP contribution in [-0.4, -0.2) is 15.7 Å². The van der Waals surface area contributed by atoms with Crippen LogP contribution in [0.2, 0.25) is 0 Å². The van der Waals surface area contributed by atoms with Crippen molar-refractivity contribution in [1.82, 2.24) is 15.1 Å². The molecule has 1 atom stereocenters. The van der Waals surface area contributed by atoms with Gasteiger partial charge in [-0.1, -0.05) is 60.7 Å². The molecule has 1 aromatic heterocycles. The quantitative estimate of drug-likeness (QED) is 0.229. The average molecular weight is 531 g/mol. The van der Waals surface area contributed by atoms with Crippen molar-refractivity contribution < 1.29 is 9.53 Å². The van der Waals surface area contributed by atoms with Gasteiger partial charge in [0.2, 0.25) is 0 Å². The Morgan fingerprint density at radius 3 is 2.23 bits per heavy atom. The summed E-state index contributed by atoms with van der Waals surface area (Å²) in [7, 11) is 0. The number of rotatable bonds is 8. The van der Waals surface area contributed by atoms with Crippen LogP contribution in [0.4, 0.5) is 11.4 Å². The third-order valence-corrected chi connectivity index (χ3v) is 6.41. The maximum Gasteiger partial charge on any atom is 0.299 e. The van der Waals surface area contributed by atoms with Crippen LogP contribution in [0.15, 0.2) is 114 Å². The van der Waals surface area contributed by atoms with Gasteiger partial charge in [-0.15, -0.1) is 0 Å². The van der Waals surface area contributed by atoms with Gasteiger partial charge in [0.05, 0.1) is 17.9 Å². The Labute approximate surface area is 233 Å². The van der Waals surface area contributed by atoms with Gasteiger partial charge in [0.1, 0.15) is 5.75 Å². The van der Waals surface area contributed by atoms with E-state index in [0.717, 1.165) is 16.7 Å². The number of aromatic nitrogens is 2. The molecule has 0 saturated heterocycles. The fraction of sp³-hybridized carbons (Fsp3) is 0.121. The third kappa shape index (κ3) is 6.10. The van der Waals surface area contributed by atoms with Crippen LogP contribution in [0.3, 0.4) is 0 Å². The number of nitrogens with one attached hydrogen (secondary N) is 2. The number of hydrogen-bond acceptors (Lipinski definition) is 5. The molecule has 200 valence electrons. The summed E-state index contributed by atoms with van der Waals surface area (Å²) >= 11 is 0. The highest BCUT2D eigenvalue weighted by Gasteiger charge is 2.17. The molecule has 5 aromatic rings. The van der Waals surface area contributed by atoms with Crippen molar-refractivity contribution in [2.45, 2.75) is 26.8 Å². The van der Waals surface area contributed by atoms with E-state index in [4.69, 9.17) is 4.74 Å². The summed E-state index contributed by atoms with van der Waals surface area (Å²) in [5.74, 6) is 0.653. The first-order chi connectivity index (χ1) is 19.4. The number of carbonyl (C=O) groups is 1. The lowest BCUT2D eigenvalue weighted by Gasteiger charge is -2.16. The fourth-order valence-electron chi connectivity index (χ4n) is 4.49. The van der Waals surface area contributed by atoms with Gasteiger partial charge >= 0.3 is 0 Å². The van der Waals surface area contributed by atoms with Crippen LogP contribution in [0.5, 0.6) is 11.5 Å². The van der Waals surface area contributed by atoms with Crippen molar-refractivity contribution in [3.05, 3.63) is 142 Å². The van der Waals surface area contributed by atoms with Crippen molar-refractivity contribution in [1.29, 1.82) is 0 Å². The Morgan fingerprint density at radius 1 is 0.850 bits per heavy atom. The van der Waals surface area contributed by atoms with Gasteiger partial charge in [0.15, 0.2) is 11.4 Å². The van der Waals surface area contributed by atoms with Gasteiger partial charge in [0.25, 0.3) is 11.5 Å². The van der Waals surface area contributed by atoms with Crippen LogP contribution < -0.4 is 20.9 Å². The van der Waals surface area contributed by atoms with E-state index in [1.807, 2.05) is 99.6 Å². The molecule has 7 nitrogen and oxygen atoms in total. The number of anilines is 2. The topological polar surface area (TPSA) is 85.2 Å².